The summed E-state index contributed by atoms with van der Waals surface area (Å²) in [5.74, 6) is -0.172. The molecule has 0 aliphatic carbocycles. The molecule has 222 valence electrons. The van der Waals surface area contributed by atoms with Gasteiger partial charge in [-0.1, -0.05) is 67.9 Å². The second-order valence-electron chi connectivity index (χ2n) is 12.0. The first-order valence-corrected chi connectivity index (χ1v) is 14.9. The van der Waals surface area contributed by atoms with Gasteiger partial charge in [0.1, 0.15) is 11.4 Å². The van der Waals surface area contributed by atoms with Crippen molar-refractivity contribution in [3.05, 3.63) is 113 Å². The number of imidazole rings is 1. The number of carbonyl (C=O) groups excluding carboxylic acids is 3. The maximum Gasteiger partial charge on any atom is 0.339 e. The van der Waals surface area contributed by atoms with Crippen molar-refractivity contribution in [2.45, 2.75) is 59.1 Å². The molecule has 3 aromatic carbocycles. The van der Waals surface area contributed by atoms with E-state index in [-0.39, 0.29) is 17.8 Å². The Kier molecular flexibility index (Phi) is 7.59. The van der Waals surface area contributed by atoms with Crippen LogP contribution in [0.15, 0.2) is 85.1 Å². The number of benzene rings is 3. The highest BCUT2D eigenvalue weighted by Gasteiger charge is 2.36. The van der Waals surface area contributed by atoms with E-state index in [0.717, 1.165) is 47.3 Å². The first-order valence-electron chi connectivity index (χ1n) is 14.9. The fourth-order valence-electron chi connectivity index (χ4n) is 5.51. The van der Waals surface area contributed by atoms with E-state index in [1.54, 1.807) is 36.5 Å². The summed E-state index contributed by atoms with van der Waals surface area (Å²) in [7, 11) is 0. The van der Waals surface area contributed by atoms with Gasteiger partial charge in [-0.05, 0) is 68.1 Å². The van der Waals surface area contributed by atoms with Crippen molar-refractivity contribution < 1.29 is 19.1 Å². The number of aromatic nitrogens is 3. The maximum atomic E-state index is 13.2. The number of ether oxygens (including phenoxy) is 1. The topological polar surface area (TPSA) is 94.4 Å². The molecule has 0 saturated heterocycles. The van der Waals surface area contributed by atoms with Crippen LogP contribution in [-0.4, -0.2) is 37.9 Å². The number of fused-ring (bicyclic) bond motifs is 2. The third-order valence-electron chi connectivity index (χ3n) is 7.63. The van der Waals surface area contributed by atoms with Gasteiger partial charge in [0.15, 0.2) is 5.65 Å². The first-order chi connectivity index (χ1) is 21.1. The minimum atomic E-state index is -0.592. The summed E-state index contributed by atoms with van der Waals surface area (Å²) >= 11 is 0. The number of imide groups is 1. The van der Waals surface area contributed by atoms with Gasteiger partial charge in [0.05, 0.1) is 34.1 Å². The van der Waals surface area contributed by atoms with Crippen molar-refractivity contribution in [3.8, 4) is 11.1 Å². The van der Waals surface area contributed by atoms with Gasteiger partial charge in [0.25, 0.3) is 11.8 Å². The minimum absolute atomic E-state index is 0.355. The summed E-state index contributed by atoms with van der Waals surface area (Å²) in [6.07, 6.45) is 4.30. The van der Waals surface area contributed by atoms with Crippen LogP contribution in [0.5, 0.6) is 0 Å². The van der Waals surface area contributed by atoms with Crippen LogP contribution in [0.3, 0.4) is 0 Å². The van der Waals surface area contributed by atoms with Crippen LogP contribution in [-0.2, 0) is 17.7 Å². The molecule has 6 rings (SSSR count). The summed E-state index contributed by atoms with van der Waals surface area (Å²) in [6, 6.07) is 24.2. The van der Waals surface area contributed by atoms with E-state index in [1.165, 1.54) is 4.90 Å². The number of aryl methyl sites for hydroxylation is 1. The summed E-state index contributed by atoms with van der Waals surface area (Å²) in [6.45, 7) is 8.23. The van der Waals surface area contributed by atoms with Gasteiger partial charge in [-0.2, -0.15) is 0 Å². The number of carbonyl (C=O) groups is 3. The molecule has 44 heavy (non-hydrogen) atoms. The lowest BCUT2D eigenvalue weighted by Gasteiger charge is -2.20. The van der Waals surface area contributed by atoms with E-state index >= 15 is 0 Å². The van der Waals surface area contributed by atoms with Crippen LogP contribution in [0.4, 0.5) is 5.69 Å². The third-order valence-corrected chi connectivity index (χ3v) is 7.63. The molecule has 1 aliphatic rings. The number of hydrogen-bond donors (Lipinski definition) is 0. The molecule has 8 nitrogen and oxygen atoms in total. The molecule has 0 unspecified atom stereocenters. The van der Waals surface area contributed by atoms with Gasteiger partial charge >= 0.3 is 5.97 Å². The molecule has 0 N–H and O–H groups in total. The summed E-state index contributed by atoms with van der Waals surface area (Å²) in [5.41, 5.74) is 5.20. The van der Waals surface area contributed by atoms with Crippen LogP contribution in [0.25, 0.3) is 22.3 Å². The Labute approximate surface area is 256 Å². The summed E-state index contributed by atoms with van der Waals surface area (Å²) in [5, 5.41) is 0. The van der Waals surface area contributed by atoms with Crippen molar-refractivity contribution in [1.29, 1.82) is 0 Å². The molecule has 0 radical (unpaired) electrons. The van der Waals surface area contributed by atoms with E-state index in [2.05, 4.69) is 16.5 Å². The molecule has 1 aliphatic heterocycles. The number of unbranched alkanes of at least 4 members (excludes halogenated alkanes) is 1. The Morgan fingerprint density at radius 2 is 1.50 bits per heavy atom. The molecule has 0 spiro atoms. The van der Waals surface area contributed by atoms with Gasteiger partial charge < -0.3 is 9.30 Å². The molecule has 3 heterocycles. The number of anilines is 1. The Bertz CT molecular complexity index is 1870. The smallest absolute Gasteiger partial charge is 0.339 e. The van der Waals surface area contributed by atoms with Crippen LogP contribution in [0, 0.1) is 0 Å². The van der Waals surface area contributed by atoms with Crippen LogP contribution < -0.4 is 4.90 Å². The SMILES string of the molecule is CCCCc1nc2ncc(N3C(=O)c4ccccc4C3=O)cc2n1Cc1ccc(-c2ccccc2C(=O)OC(C)(C)C)cc1. The Morgan fingerprint density at radius 1 is 0.864 bits per heavy atom. The van der Waals surface area contributed by atoms with Crippen molar-refractivity contribution in [3.63, 3.8) is 0 Å². The van der Waals surface area contributed by atoms with Crippen molar-refractivity contribution in [2.24, 2.45) is 0 Å². The van der Waals surface area contributed by atoms with Gasteiger partial charge in [-0.3, -0.25) is 9.59 Å². The molecule has 5 aromatic rings. The van der Waals surface area contributed by atoms with E-state index in [4.69, 9.17) is 9.72 Å². The first kappa shape index (κ1) is 29.0. The van der Waals surface area contributed by atoms with Crippen molar-refractivity contribution in [2.75, 3.05) is 4.90 Å². The third kappa shape index (κ3) is 5.51. The predicted molar refractivity (Wildman–Crippen MR) is 170 cm³/mol. The number of nitrogens with zero attached hydrogens (tertiary/aromatic N) is 4. The lowest BCUT2D eigenvalue weighted by molar-refractivity contribution is 0.00702. The average Bonchev–Trinajstić information content (AvgIpc) is 3.48. The molecule has 2 amide bonds. The lowest BCUT2D eigenvalue weighted by atomic mass is 9.98. The fourth-order valence-corrected chi connectivity index (χ4v) is 5.51. The van der Waals surface area contributed by atoms with E-state index < -0.39 is 5.60 Å². The highest BCUT2D eigenvalue weighted by molar-refractivity contribution is 6.34. The Morgan fingerprint density at radius 3 is 2.14 bits per heavy atom. The molecule has 2 aromatic heterocycles. The standard InChI is InChI=1S/C36H34N4O4/c1-5-6-15-31-38-32-30(20-25(21-37-32)40-33(41)27-12-8-9-13-28(27)34(40)42)39(31)22-23-16-18-24(19-17-23)26-11-7-10-14-29(26)35(43)44-36(2,3)4/h7-14,16-21H,5-6,15,22H2,1-4H3. The fraction of sp³-hybridized carbons (Fsp3) is 0.250. The second kappa shape index (κ2) is 11.5. The van der Waals surface area contributed by atoms with E-state index in [9.17, 15) is 14.4 Å². The molecule has 0 atom stereocenters. The Balaban J connectivity index is 1.33. The van der Waals surface area contributed by atoms with Gasteiger partial charge in [0, 0.05) is 13.0 Å². The van der Waals surface area contributed by atoms with E-state index in [0.29, 0.717) is 34.6 Å². The number of hydrogen-bond acceptors (Lipinski definition) is 6. The largest absolute Gasteiger partial charge is 0.456 e. The van der Waals surface area contributed by atoms with Crippen LogP contribution in [0.1, 0.15) is 83.0 Å². The normalized spacial score (nSPS) is 13.0. The van der Waals surface area contributed by atoms with Crippen LogP contribution >= 0.6 is 0 Å². The number of pyridine rings is 1. The monoisotopic (exact) mass is 586 g/mol. The van der Waals surface area contributed by atoms with Crippen LogP contribution in [0.2, 0.25) is 0 Å². The molecule has 8 heteroatoms. The molecular weight excluding hydrogens is 552 g/mol. The van der Waals surface area contributed by atoms with E-state index in [1.807, 2.05) is 69.3 Å². The zero-order valence-corrected chi connectivity index (χ0v) is 25.3. The highest BCUT2D eigenvalue weighted by Crippen LogP contribution is 2.31. The second-order valence-corrected chi connectivity index (χ2v) is 12.0. The molecular formula is C36H34N4O4. The number of rotatable bonds is 8. The number of amides is 2. The summed E-state index contributed by atoms with van der Waals surface area (Å²) in [4.78, 5) is 49.9. The molecule has 0 fully saturated rings. The van der Waals surface area contributed by atoms with Gasteiger partial charge in [-0.15, -0.1) is 0 Å². The van der Waals surface area contributed by atoms with Crippen molar-refractivity contribution >= 4 is 34.6 Å². The minimum Gasteiger partial charge on any atom is -0.456 e. The zero-order chi connectivity index (χ0) is 31.0. The number of esters is 1. The molecule has 0 saturated carbocycles. The highest BCUT2D eigenvalue weighted by atomic mass is 16.6. The summed E-state index contributed by atoms with van der Waals surface area (Å²) < 4.78 is 7.76. The predicted octanol–water partition coefficient (Wildman–Crippen LogP) is 7.25. The molecule has 0 bridgehead atoms. The van der Waals surface area contributed by atoms with Gasteiger partial charge in [0.2, 0.25) is 0 Å². The van der Waals surface area contributed by atoms with Crippen molar-refractivity contribution in [1.82, 2.24) is 14.5 Å². The Hall–Kier alpha value is -5.11. The average molecular weight is 587 g/mol. The lowest BCUT2D eigenvalue weighted by Crippen LogP contribution is -2.29. The quantitative estimate of drug-likeness (QED) is 0.140. The van der Waals surface area contributed by atoms with Gasteiger partial charge in [-0.25, -0.2) is 19.7 Å². The zero-order valence-electron chi connectivity index (χ0n) is 25.3. The maximum absolute atomic E-state index is 13.2.